The number of benzene rings is 1. The monoisotopic (exact) mass is 305 g/mol. The van der Waals surface area contributed by atoms with E-state index in [9.17, 15) is 9.59 Å². The number of hydrogen-bond donors (Lipinski definition) is 1. The molecular weight excluding hydrogens is 278 g/mol. The van der Waals surface area contributed by atoms with Gasteiger partial charge in [-0.05, 0) is 46.1 Å². The van der Waals surface area contributed by atoms with Gasteiger partial charge in [-0.1, -0.05) is 29.8 Å². The third kappa shape index (κ3) is 8.45. The second-order valence-electron chi connectivity index (χ2n) is 6.56. The smallest absolute Gasteiger partial charge is 0.407 e. The molecule has 4 heteroatoms. The topological polar surface area (TPSA) is 55.4 Å². The third-order valence-electron chi connectivity index (χ3n) is 3.11. The number of aryl methyl sites for hydroxylation is 2. The van der Waals surface area contributed by atoms with Gasteiger partial charge in [0.25, 0.3) is 0 Å². The Balaban J connectivity index is 2.13. The molecule has 1 rings (SSSR count). The van der Waals surface area contributed by atoms with Crippen LogP contribution in [0.1, 0.15) is 51.2 Å². The highest BCUT2D eigenvalue weighted by molar-refractivity contribution is 5.78. The lowest BCUT2D eigenvalue weighted by molar-refractivity contribution is -0.119. The van der Waals surface area contributed by atoms with Crippen molar-refractivity contribution in [3.63, 3.8) is 0 Å². The summed E-state index contributed by atoms with van der Waals surface area (Å²) in [7, 11) is 0. The van der Waals surface area contributed by atoms with Crippen molar-refractivity contribution in [1.29, 1.82) is 0 Å². The normalized spacial score (nSPS) is 11.1. The summed E-state index contributed by atoms with van der Waals surface area (Å²) in [4.78, 5) is 23.2. The Morgan fingerprint density at radius 2 is 1.73 bits per heavy atom. The molecule has 0 radical (unpaired) electrons. The van der Waals surface area contributed by atoms with Crippen molar-refractivity contribution in [3.8, 4) is 0 Å². The van der Waals surface area contributed by atoms with Crippen molar-refractivity contribution in [1.82, 2.24) is 5.32 Å². The van der Waals surface area contributed by atoms with Crippen molar-refractivity contribution in [2.24, 2.45) is 0 Å². The van der Waals surface area contributed by atoms with Crippen LogP contribution in [0.15, 0.2) is 24.3 Å². The number of ketones is 1. The molecule has 1 N–H and O–H groups in total. The van der Waals surface area contributed by atoms with Crippen LogP contribution >= 0.6 is 0 Å². The van der Waals surface area contributed by atoms with Crippen LogP contribution in [0.2, 0.25) is 0 Å². The average molecular weight is 305 g/mol. The van der Waals surface area contributed by atoms with E-state index in [0.29, 0.717) is 25.8 Å². The van der Waals surface area contributed by atoms with Crippen LogP contribution in [0, 0.1) is 6.92 Å². The summed E-state index contributed by atoms with van der Waals surface area (Å²) in [6.45, 7) is 7.97. The molecule has 0 aliphatic carbocycles. The first kappa shape index (κ1) is 18.2. The second kappa shape index (κ2) is 8.57. The fraction of sp³-hybridized carbons (Fsp3) is 0.556. The molecule has 0 unspecified atom stereocenters. The molecule has 22 heavy (non-hydrogen) atoms. The molecule has 0 aromatic heterocycles. The van der Waals surface area contributed by atoms with E-state index in [1.54, 1.807) is 0 Å². The number of rotatable bonds is 7. The zero-order valence-electron chi connectivity index (χ0n) is 14.1. The summed E-state index contributed by atoms with van der Waals surface area (Å²) in [5, 5.41) is 2.66. The van der Waals surface area contributed by atoms with E-state index < -0.39 is 11.7 Å². The molecule has 0 saturated carbocycles. The zero-order chi connectivity index (χ0) is 16.6. The molecule has 122 valence electrons. The maximum absolute atomic E-state index is 11.8. The van der Waals surface area contributed by atoms with E-state index in [0.717, 1.165) is 6.42 Å². The van der Waals surface area contributed by atoms with Gasteiger partial charge in [-0.3, -0.25) is 4.79 Å². The number of ether oxygens (including phenoxy) is 1. The molecule has 4 nitrogen and oxygen atoms in total. The Kier molecular flexibility index (Phi) is 7.09. The largest absolute Gasteiger partial charge is 0.444 e. The van der Waals surface area contributed by atoms with Gasteiger partial charge in [-0.2, -0.15) is 0 Å². The molecule has 0 spiro atoms. The summed E-state index contributed by atoms with van der Waals surface area (Å²) >= 11 is 0. The number of carbonyl (C=O) groups excluding carboxylic acids is 2. The molecule has 0 aliphatic rings. The summed E-state index contributed by atoms with van der Waals surface area (Å²) in [5.74, 6) is 0.228. The number of Topliss-reactive ketones (excluding diaryl/α,β-unsaturated/α-hetero) is 1. The summed E-state index contributed by atoms with van der Waals surface area (Å²) < 4.78 is 5.12. The molecule has 0 atom stereocenters. The minimum atomic E-state index is -0.492. The summed E-state index contributed by atoms with van der Waals surface area (Å²) in [5.41, 5.74) is 1.92. The van der Waals surface area contributed by atoms with Gasteiger partial charge in [0.15, 0.2) is 0 Å². The molecule has 1 amide bonds. The summed E-state index contributed by atoms with van der Waals surface area (Å²) in [6.07, 6.45) is 2.03. The van der Waals surface area contributed by atoms with Gasteiger partial charge in [0, 0.05) is 19.4 Å². The van der Waals surface area contributed by atoms with Crippen LogP contribution in [0.25, 0.3) is 0 Å². The van der Waals surface area contributed by atoms with Gasteiger partial charge in [0.2, 0.25) is 0 Å². The fourth-order valence-electron chi connectivity index (χ4n) is 1.95. The molecule has 0 fully saturated rings. The average Bonchev–Trinajstić information content (AvgIpc) is 2.41. The number of alkyl carbamates (subject to hydrolysis) is 1. The molecule has 1 aromatic rings. The van der Waals surface area contributed by atoms with Gasteiger partial charge in [0.1, 0.15) is 11.4 Å². The molecule has 0 heterocycles. The highest BCUT2D eigenvalue weighted by Crippen LogP contribution is 2.08. The van der Waals surface area contributed by atoms with E-state index in [1.165, 1.54) is 11.1 Å². The van der Waals surface area contributed by atoms with Crippen LogP contribution < -0.4 is 5.32 Å². The first-order valence-electron chi connectivity index (χ1n) is 7.80. The standard InChI is InChI=1S/C18H27NO3/c1-14-7-9-15(10-8-14)11-12-16(20)6-5-13-19-17(21)22-18(2,3)4/h7-10H,5-6,11-13H2,1-4H3,(H,19,21). The predicted octanol–water partition coefficient (Wildman–Crippen LogP) is 3.80. The number of carbonyl (C=O) groups is 2. The third-order valence-corrected chi connectivity index (χ3v) is 3.11. The molecule has 0 bridgehead atoms. The van der Waals surface area contributed by atoms with E-state index >= 15 is 0 Å². The van der Waals surface area contributed by atoms with Crippen molar-refractivity contribution < 1.29 is 14.3 Å². The number of nitrogens with one attached hydrogen (secondary N) is 1. The molecule has 0 saturated heterocycles. The Morgan fingerprint density at radius 1 is 1.09 bits per heavy atom. The number of hydrogen-bond acceptors (Lipinski definition) is 3. The maximum Gasteiger partial charge on any atom is 0.407 e. The van der Waals surface area contributed by atoms with Crippen LogP contribution in [0.5, 0.6) is 0 Å². The zero-order valence-corrected chi connectivity index (χ0v) is 14.1. The highest BCUT2D eigenvalue weighted by atomic mass is 16.6. The Morgan fingerprint density at radius 3 is 2.32 bits per heavy atom. The minimum absolute atomic E-state index is 0.228. The second-order valence-corrected chi connectivity index (χ2v) is 6.56. The van der Waals surface area contributed by atoms with Crippen molar-refractivity contribution in [2.45, 2.75) is 59.0 Å². The van der Waals surface area contributed by atoms with Crippen LogP contribution in [-0.2, 0) is 16.0 Å². The van der Waals surface area contributed by atoms with Gasteiger partial charge < -0.3 is 10.1 Å². The predicted molar refractivity (Wildman–Crippen MR) is 88.0 cm³/mol. The first-order valence-corrected chi connectivity index (χ1v) is 7.80. The van der Waals surface area contributed by atoms with Gasteiger partial charge in [-0.25, -0.2) is 4.79 Å². The molecule has 1 aromatic carbocycles. The van der Waals surface area contributed by atoms with E-state index in [1.807, 2.05) is 27.7 Å². The van der Waals surface area contributed by atoms with Gasteiger partial charge >= 0.3 is 6.09 Å². The van der Waals surface area contributed by atoms with E-state index in [4.69, 9.17) is 4.74 Å². The van der Waals surface area contributed by atoms with Crippen molar-refractivity contribution in [2.75, 3.05) is 6.54 Å². The van der Waals surface area contributed by atoms with E-state index in [-0.39, 0.29) is 5.78 Å². The minimum Gasteiger partial charge on any atom is -0.444 e. The van der Waals surface area contributed by atoms with Gasteiger partial charge in [0.05, 0.1) is 0 Å². The maximum atomic E-state index is 11.8. The van der Waals surface area contributed by atoms with Crippen molar-refractivity contribution >= 4 is 11.9 Å². The van der Waals surface area contributed by atoms with Crippen LogP contribution in [0.3, 0.4) is 0 Å². The van der Waals surface area contributed by atoms with Gasteiger partial charge in [-0.15, -0.1) is 0 Å². The Labute approximate surface area is 133 Å². The Hall–Kier alpha value is -1.84. The molecular formula is C18H27NO3. The van der Waals surface area contributed by atoms with Crippen LogP contribution in [0.4, 0.5) is 4.79 Å². The number of amides is 1. The highest BCUT2D eigenvalue weighted by Gasteiger charge is 2.15. The Bertz CT molecular complexity index is 486. The van der Waals surface area contributed by atoms with Crippen LogP contribution in [-0.4, -0.2) is 24.0 Å². The quantitative estimate of drug-likeness (QED) is 0.780. The lowest BCUT2D eigenvalue weighted by atomic mass is 10.0. The first-order chi connectivity index (χ1) is 10.3. The molecule has 0 aliphatic heterocycles. The fourth-order valence-corrected chi connectivity index (χ4v) is 1.95. The van der Waals surface area contributed by atoms with Crippen molar-refractivity contribution in [3.05, 3.63) is 35.4 Å². The summed E-state index contributed by atoms with van der Waals surface area (Å²) in [6, 6.07) is 8.24. The lowest BCUT2D eigenvalue weighted by Gasteiger charge is -2.19. The lowest BCUT2D eigenvalue weighted by Crippen LogP contribution is -2.33. The van der Waals surface area contributed by atoms with E-state index in [2.05, 4.69) is 29.6 Å². The SMILES string of the molecule is Cc1ccc(CCC(=O)CCCNC(=O)OC(C)(C)C)cc1.